The van der Waals surface area contributed by atoms with Crippen molar-refractivity contribution in [2.24, 2.45) is 0 Å². The normalized spacial score (nSPS) is 18.5. The Labute approximate surface area is 320 Å². The molecule has 12 rings (SSSR count). The molecule has 0 saturated carbocycles. The maximum Gasteiger partial charge on any atom is 0.135 e. The summed E-state index contributed by atoms with van der Waals surface area (Å²) in [6, 6.07) is 56.1. The Hall–Kier alpha value is -6.64. The second-order valence-corrected chi connectivity index (χ2v) is 15.8. The fraction of sp³-hybridized carbons (Fsp3) is 0.0943. The van der Waals surface area contributed by atoms with Crippen molar-refractivity contribution in [3.8, 4) is 22.3 Å². The molecule has 2 heterocycles. The Balaban J connectivity index is 0.876. The Kier molecular flexibility index (Phi) is 6.40. The summed E-state index contributed by atoms with van der Waals surface area (Å²) in [4.78, 5) is 0. The van der Waals surface area contributed by atoms with Crippen LogP contribution in [0.25, 0.3) is 77.3 Å². The highest BCUT2D eigenvalue weighted by atomic mass is 16.3. The van der Waals surface area contributed by atoms with E-state index in [-0.39, 0.29) is 5.41 Å². The summed E-state index contributed by atoms with van der Waals surface area (Å²) in [5, 5.41) is 4.86. The molecule has 0 bridgehead atoms. The quantitative estimate of drug-likeness (QED) is 0.178. The van der Waals surface area contributed by atoms with Crippen LogP contribution in [-0.4, -0.2) is 4.57 Å². The van der Waals surface area contributed by atoms with E-state index in [1.54, 1.807) is 0 Å². The first-order valence-electron chi connectivity index (χ1n) is 19.5. The molecule has 0 spiro atoms. The van der Waals surface area contributed by atoms with Gasteiger partial charge in [0.2, 0.25) is 0 Å². The molecule has 0 radical (unpaired) electrons. The number of furan rings is 1. The molecule has 3 aliphatic rings. The van der Waals surface area contributed by atoms with E-state index in [2.05, 4.69) is 175 Å². The maximum absolute atomic E-state index is 6.14. The molecule has 0 aliphatic heterocycles. The first kappa shape index (κ1) is 30.8. The van der Waals surface area contributed by atoms with Crippen LogP contribution in [0.15, 0.2) is 180 Å². The third-order valence-electron chi connectivity index (χ3n) is 12.9. The van der Waals surface area contributed by atoms with Crippen molar-refractivity contribution in [3.05, 3.63) is 204 Å². The number of benzene rings is 7. The van der Waals surface area contributed by atoms with Gasteiger partial charge in [-0.15, -0.1) is 0 Å². The summed E-state index contributed by atoms with van der Waals surface area (Å²) >= 11 is 0. The zero-order chi connectivity index (χ0) is 36.3. The van der Waals surface area contributed by atoms with Crippen molar-refractivity contribution < 1.29 is 4.42 Å². The van der Waals surface area contributed by atoms with E-state index in [9.17, 15) is 0 Å². The second-order valence-electron chi connectivity index (χ2n) is 15.8. The number of para-hydroxylation sites is 2. The van der Waals surface area contributed by atoms with E-state index >= 15 is 0 Å². The first-order chi connectivity index (χ1) is 27.1. The average molecular weight is 704 g/mol. The fourth-order valence-corrected chi connectivity index (χ4v) is 10.0. The molecule has 2 unspecified atom stereocenters. The molecule has 2 nitrogen and oxygen atoms in total. The SMILES string of the molecule is CC1(c2ccc(C3C=CC=C(n4c5ccccc5c5cc(-c6ccc7oc8ccccc8c7c6)ccc54)C3)cc2)CC=C2c3ccccc3-c3cccc1c32. The van der Waals surface area contributed by atoms with Gasteiger partial charge in [0, 0.05) is 38.6 Å². The molecule has 260 valence electrons. The van der Waals surface area contributed by atoms with Crippen LogP contribution in [0.4, 0.5) is 0 Å². The lowest BCUT2D eigenvalue weighted by atomic mass is 9.67. The number of nitrogens with zero attached hydrogens (tertiary/aromatic N) is 1. The molecular weight excluding hydrogens is 667 g/mol. The number of fused-ring (bicyclic) bond motifs is 9. The Morgan fingerprint density at radius 2 is 1.31 bits per heavy atom. The largest absolute Gasteiger partial charge is 0.456 e. The van der Waals surface area contributed by atoms with Gasteiger partial charge in [0.1, 0.15) is 11.2 Å². The molecular formula is C53H37NO. The van der Waals surface area contributed by atoms with Crippen LogP contribution in [0.3, 0.4) is 0 Å². The third kappa shape index (κ3) is 4.43. The number of allylic oxidation sites excluding steroid dienone is 5. The minimum Gasteiger partial charge on any atom is -0.456 e. The summed E-state index contributed by atoms with van der Waals surface area (Å²) in [5.41, 5.74) is 19.1. The average Bonchev–Trinajstić information content (AvgIpc) is 3.90. The number of rotatable bonds is 4. The Bertz CT molecular complexity index is 3160. The Morgan fingerprint density at radius 3 is 2.20 bits per heavy atom. The highest BCUT2D eigenvalue weighted by Gasteiger charge is 2.38. The standard InChI is InChI=1S/C53H37NO/c1-53(29-28-44-40-13-3-2-12-39(40)43-16-9-17-47(53)52(43)44)37-24-20-33(21-25-37)34-10-8-11-38(30-34)54-48-18-6-4-14-41(48)45-31-35(22-26-49(45)54)36-23-27-51-46(32-36)42-15-5-7-19-50(42)55-51/h2-28,31-32,34H,29-30H2,1H3. The van der Waals surface area contributed by atoms with Gasteiger partial charge in [0.05, 0.1) is 11.0 Å². The van der Waals surface area contributed by atoms with E-state index in [4.69, 9.17) is 4.42 Å². The van der Waals surface area contributed by atoms with Gasteiger partial charge in [-0.25, -0.2) is 0 Å². The van der Waals surface area contributed by atoms with Gasteiger partial charge in [-0.05, 0) is 111 Å². The Morgan fingerprint density at radius 1 is 0.600 bits per heavy atom. The van der Waals surface area contributed by atoms with Crippen molar-refractivity contribution >= 4 is 55.0 Å². The topological polar surface area (TPSA) is 18.1 Å². The van der Waals surface area contributed by atoms with Gasteiger partial charge in [-0.3, -0.25) is 0 Å². The van der Waals surface area contributed by atoms with Crippen LogP contribution in [0.1, 0.15) is 53.5 Å². The van der Waals surface area contributed by atoms with Gasteiger partial charge < -0.3 is 8.98 Å². The van der Waals surface area contributed by atoms with Crippen LogP contribution in [-0.2, 0) is 5.41 Å². The van der Waals surface area contributed by atoms with E-state index in [0.29, 0.717) is 5.92 Å². The monoisotopic (exact) mass is 703 g/mol. The predicted octanol–water partition coefficient (Wildman–Crippen LogP) is 14.1. The molecule has 7 aromatic carbocycles. The summed E-state index contributed by atoms with van der Waals surface area (Å²) in [5.74, 6) is 0.294. The van der Waals surface area contributed by atoms with Crippen LogP contribution in [0.2, 0.25) is 0 Å². The van der Waals surface area contributed by atoms with Crippen LogP contribution < -0.4 is 0 Å². The van der Waals surface area contributed by atoms with Gasteiger partial charge in [0.25, 0.3) is 0 Å². The first-order valence-corrected chi connectivity index (χ1v) is 19.5. The minimum absolute atomic E-state index is 0.0806. The van der Waals surface area contributed by atoms with E-state index in [0.717, 1.165) is 34.8 Å². The minimum atomic E-state index is -0.0806. The fourth-order valence-electron chi connectivity index (χ4n) is 10.0. The molecule has 55 heavy (non-hydrogen) atoms. The predicted molar refractivity (Wildman–Crippen MR) is 229 cm³/mol. The van der Waals surface area contributed by atoms with E-state index in [1.165, 1.54) is 83.1 Å². The van der Waals surface area contributed by atoms with Gasteiger partial charge in [-0.2, -0.15) is 0 Å². The van der Waals surface area contributed by atoms with Crippen LogP contribution in [0, 0.1) is 0 Å². The second kappa shape index (κ2) is 11.4. The molecule has 9 aromatic rings. The molecule has 0 saturated heterocycles. The lowest BCUT2D eigenvalue weighted by Crippen LogP contribution is -2.27. The van der Waals surface area contributed by atoms with Crippen LogP contribution in [0.5, 0.6) is 0 Å². The molecule has 2 heteroatoms. The molecule has 0 N–H and O–H groups in total. The highest BCUT2D eigenvalue weighted by molar-refractivity contribution is 6.12. The molecule has 0 fully saturated rings. The van der Waals surface area contributed by atoms with Gasteiger partial charge in [-0.1, -0.05) is 140 Å². The molecule has 3 aliphatic carbocycles. The summed E-state index contributed by atoms with van der Waals surface area (Å²) in [6.45, 7) is 2.43. The smallest absolute Gasteiger partial charge is 0.135 e. The summed E-state index contributed by atoms with van der Waals surface area (Å²) in [7, 11) is 0. The summed E-state index contributed by atoms with van der Waals surface area (Å²) in [6.07, 6.45) is 11.4. The zero-order valence-electron chi connectivity index (χ0n) is 30.6. The molecule has 2 aromatic heterocycles. The van der Waals surface area contributed by atoms with Crippen molar-refractivity contribution in [3.63, 3.8) is 0 Å². The highest BCUT2D eigenvalue weighted by Crippen LogP contribution is 2.54. The molecule has 0 amide bonds. The number of aromatic nitrogens is 1. The van der Waals surface area contributed by atoms with Crippen molar-refractivity contribution in [2.75, 3.05) is 0 Å². The van der Waals surface area contributed by atoms with Crippen LogP contribution >= 0.6 is 0 Å². The molecule has 2 atom stereocenters. The van der Waals surface area contributed by atoms with Crippen molar-refractivity contribution in [2.45, 2.75) is 31.1 Å². The van der Waals surface area contributed by atoms with Crippen molar-refractivity contribution in [1.82, 2.24) is 4.57 Å². The van der Waals surface area contributed by atoms with E-state index < -0.39 is 0 Å². The number of hydrogen-bond acceptors (Lipinski definition) is 1. The lowest BCUT2D eigenvalue weighted by Gasteiger charge is -2.36. The number of hydrogen-bond donors (Lipinski definition) is 0. The zero-order valence-corrected chi connectivity index (χ0v) is 30.6. The third-order valence-corrected chi connectivity index (χ3v) is 12.9. The van der Waals surface area contributed by atoms with E-state index in [1.807, 2.05) is 12.1 Å². The summed E-state index contributed by atoms with van der Waals surface area (Å²) < 4.78 is 8.63. The van der Waals surface area contributed by atoms with Gasteiger partial charge in [0.15, 0.2) is 0 Å². The van der Waals surface area contributed by atoms with Gasteiger partial charge >= 0.3 is 0 Å². The van der Waals surface area contributed by atoms with Crippen molar-refractivity contribution in [1.29, 1.82) is 0 Å². The maximum atomic E-state index is 6.14. The lowest BCUT2D eigenvalue weighted by molar-refractivity contribution is 0.573.